The van der Waals surface area contributed by atoms with Gasteiger partial charge in [0, 0.05) is 49.9 Å². The number of aryl methyl sites for hydroxylation is 1. The van der Waals surface area contributed by atoms with Gasteiger partial charge in [-0.2, -0.15) is 0 Å². The molecule has 0 aromatic heterocycles. The zero-order valence-corrected chi connectivity index (χ0v) is 10.8. The fourth-order valence-corrected chi connectivity index (χ4v) is 2.29. The van der Waals surface area contributed by atoms with E-state index in [-0.39, 0.29) is 0 Å². The molecule has 0 radical (unpaired) electrons. The molecule has 1 aliphatic heterocycles. The Labute approximate surface area is 108 Å². The van der Waals surface area contributed by atoms with Gasteiger partial charge in [0.05, 0.1) is 0 Å². The number of hydrogen-bond acceptors (Lipinski definition) is 3. The molecule has 0 spiro atoms. The molecule has 0 atom stereocenters. The summed E-state index contributed by atoms with van der Waals surface area (Å²) in [6, 6.07) is 8.64. The molecule has 0 N–H and O–H groups in total. The van der Waals surface area contributed by atoms with Crippen LogP contribution < -0.4 is 4.90 Å². The smallest absolute Gasteiger partial charge is 0.0385 e. The van der Waals surface area contributed by atoms with Crippen molar-refractivity contribution in [1.29, 1.82) is 0 Å². The normalized spacial score (nSPS) is 16.4. The van der Waals surface area contributed by atoms with Crippen LogP contribution in [0.25, 0.3) is 10.4 Å². The summed E-state index contributed by atoms with van der Waals surface area (Å²) in [5.74, 6) is 0. The lowest BCUT2D eigenvalue weighted by molar-refractivity contribution is 0.265. The van der Waals surface area contributed by atoms with E-state index in [4.69, 9.17) is 5.53 Å². The van der Waals surface area contributed by atoms with E-state index >= 15 is 0 Å². The zero-order chi connectivity index (χ0) is 12.8. The van der Waals surface area contributed by atoms with Crippen LogP contribution in [0.15, 0.2) is 29.4 Å². The highest BCUT2D eigenvalue weighted by atomic mass is 15.3. The monoisotopic (exact) mass is 245 g/mol. The van der Waals surface area contributed by atoms with Crippen molar-refractivity contribution in [2.24, 2.45) is 5.11 Å². The molecule has 18 heavy (non-hydrogen) atoms. The van der Waals surface area contributed by atoms with Gasteiger partial charge in [0.1, 0.15) is 0 Å². The van der Waals surface area contributed by atoms with Crippen LogP contribution >= 0.6 is 0 Å². The fraction of sp³-hybridized carbons (Fsp3) is 0.538. The first-order valence-electron chi connectivity index (χ1n) is 6.34. The largest absolute Gasteiger partial charge is 0.369 e. The molecule has 1 aromatic carbocycles. The Morgan fingerprint density at radius 3 is 2.72 bits per heavy atom. The predicted octanol–water partition coefficient (Wildman–Crippen LogP) is 2.43. The maximum atomic E-state index is 8.24. The third kappa shape index (κ3) is 3.39. The van der Waals surface area contributed by atoms with E-state index in [0.29, 0.717) is 6.54 Å². The van der Waals surface area contributed by atoms with Crippen LogP contribution in [0.5, 0.6) is 0 Å². The van der Waals surface area contributed by atoms with Gasteiger partial charge in [0.25, 0.3) is 0 Å². The molecular formula is C13H19N5. The lowest BCUT2D eigenvalue weighted by Gasteiger charge is -2.36. The topological polar surface area (TPSA) is 55.2 Å². The minimum Gasteiger partial charge on any atom is -0.369 e. The number of azide groups is 1. The Morgan fingerprint density at radius 1 is 1.28 bits per heavy atom. The van der Waals surface area contributed by atoms with Crippen LogP contribution in [-0.2, 0) is 0 Å². The van der Waals surface area contributed by atoms with Gasteiger partial charge < -0.3 is 4.90 Å². The average molecular weight is 245 g/mol. The molecule has 1 aromatic rings. The first kappa shape index (κ1) is 12.7. The summed E-state index contributed by atoms with van der Waals surface area (Å²) < 4.78 is 0. The summed E-state index contributed by atoms with van der Waals surface area (Å²) in [4.78, 5) is 7.54. The first-order valence-corrected chi connectivity index (χ1v) is 6.34. The van der Waals surface area contributed by atoms with Crippen LogP contribution in [0, 0.1) is 6.92 Å². The molecule has 1 heterocycles. The maximum Gasteiger partial charge on any atom is 0.0385 e. The molecular weight excluding hydrogens is 226 g/mol. The Morgan fingerprint density at radius 2 is 2.06 bits per heavy atom. The van der Waals surface area contributed by atoms with Crippen molar-refractivity contribution in [2.45, 2.75) is 6.92 Å². The quantitative estimate of drug-likeness (QED) is 0.464. The zero-order valence-electron chi connectivity index (χ0n) is 10.8. The highest BCUT2D eigenvalue weighted by Gasteiger charge is 2.16. The van der Waals surface area contributed by atoms with Crippen molar-refractivity contribution in [3.63, 3.8) is 0 Å². The summed E-state index contributed by atoms with van der Waals surface area (Å²) in [7, 11) is 0. The van der Waals surface area contributed by atoms with Gasteiger partial charge in [-0.15, -0.1) is 0 Å². The molecule has 1 aliphatic rings. The number of hydrogen-bond donors (Lipinski definition) is 0. The van der Waals surface area contributed by atoms with Crippen LogP contribution in [0.1, 0.15) is 5.56 Å². The van der Waals surface area contributed by atoms with E-state index in [1.807, 2.05) is 0 Å². The minimum atomic E-state index is 0.570. The second-order valence-corrected chi connectivity index (χ2v) is 4.62. The second kappa shape index (κ2) is 6.28. The first-order chi connectivity index (χ1) is 8.79. The van der Waals surface area contributed by atoms with Crippen molar-refractivity contribution in [2.75, 3.05) is 44.2 Å². The van der Waals surface area contributed by atoms with Gasteiger partial charge in [-0.05, 0) is 30.2 Å². The van der Waals surface area contributed by atoms with Gasteiger partial charge in [0.2, 0.25) is 0 Å². The number of benzene rings is 1. The highest BCUT2D eigenvalue weighted by Crippen LogP contribution is 2.17. The number of anilines is 1. The summed E-state index contributed by atoms with van der Waals surface area (Å²) in [5.41, 5.74) is 10.9. The maximum absolute atomic E-state index is 8.24. The number of nitrogens with zero attached hydrogens (tertiary/aromatic N) is 5. The predicted molar refractivity (Wildman–Crippen MR) is 73.8 cm³/mol. The van der Waals surface area contributed by atoms with E-state index in [1.165, 1.54) is 11.3 Å². The van der Waals surface area contributed by atoms with Crippen LogP contribution in [-0.4, -0.2) is 44.2 Å². The molecule has 5 heteroatoms. The molecule has 96 valence electrons. The van der Waals surface area contributed by atoms with Crippen molar-refractivity contribution in [3.8, 4) is 0 Å². The summed E-state index contributed by atoms with van der Waals surface area (Å²) in [6.07, 6.45) is 0. The molecule has 0 unspecified atom stereocenters. The van der Waals surface area contributed by atoms with E-state index in [9.17, 15) is 0 Å². The summed E-state index contributed by atoms with van der Waals surface area (Å²) >= 11 is 0. The molecule has 1 saturated heterocycles. The highest BCUT2D eigenvalue weighted by molar-refractivity contribution is 5.48. The second-order valence-electron chi connectivity index (χ2n) is 4.62. The molecule has 0 bridgehead atoms. The van der Waals surface area contributed by atoms with Crippen molar-refractivity contribution >= 4 is 5.69 Å². The molecule has 5 nitrogen and oxygen atoms in total. The standard InChI is InChI=1S/C13H19N5/c1-12-3-2-4-13(11-12)18-9-7-17(8-10-18)6-5-15-16-14/h2-4,11H,5-10H2,1H3. The Hall–Kier alpha value is -1.71. The molecule has 1 fully saturated rings. The summed E-state index contributed by atoms with van der Waals surface area (Å²) in [6.45, 7) is 7.72. The lowest BCUT2D eigenvalue weighted by atomic mass is 10.2. The lowest BCUT2D eigenvalue weighted by Crippen LogP contribution is -2.47. The van der Waals surface area contributed by atoms with Gasteiger partial charge in [0.15, 0.2) is 0 Å². The third-order valence-corrected chi connectivity index (χ3v) is 3.32. The van der Waals surface area contributed by atoms with E-state index < -0.39 is 0 Å². The minimum absolute atomic E-state index is 0.570. The van der Waals surface area contributed by atoms with Gasteiger partial charge >= 0.3 is 0 Å². The molecule has 0 saturated carbocycles. The molecule has 2 rings (SSSR count). The van der Waals surface area contributed by atoms with E-state index in [0.717, 1.165) is 32.7 Å². The van der Waals surface area contributed by atoms with Crippen molar-refractivity contribution < 1.29 is 0 Å². The fourth-order valence-electron chi connectivity index (χ4n) is 2.29. The number of rotatable bonds is 4. The van der Waals surface area contributed by atoms with Gasteiger partial charge in [-0.3, -0.25) is 4.90 Å². The Bertz CT molecular complexity index is 431. The van der Waals surface area contributed by atoms with Crippen LogP contribution in [0.3, 0.4) is 0 Å². The summed E-state index contributed by atoms with van der Waals surface area (Å²) in [5, 5.41) is 3.58. The van der Waals surface area contributed by atoms with Gasteiger partial charge in [-0.25, -0.2) is 0 Å². The third-order valence-electron chi connectivity index (χ3n) is 3.32. The number of piperazine rings is 1. The Balaban J connectivity index is 1.84. The van der Waals surface area contributed by atoms with Gasteiger partial charge in [-0.1, -0.05) is 17.2 Å². The molecule has 0 aliphatic carbocycles. The van der Waals surface area contributed by atoms with Crippen LogP contribution in [0.4, 0.5) is 5.69 Å². The average Bonchev–Trinajstić information content (AvgIpc) is 2.40. The Kier molecular flexibility index (Phi) is 4.45. The SMILES string of the molecule is Cc1cccc(N2CCN(CCN=[N+]=[N-])CC2)c1. The van der Waals surface area contributed by atoms with E-state index in [2.05, 4.69) is 51.0 Å². The van der Waals surface area contributed by atoms with Crippen molar-refractivity contribution in [1.82, 2.24) is 4.90 Å². The van der Waals surface area contributed by atoms with Crippen LogP contribution in [0.2, 0.25) is 0 Å². The van der Waals surface area contributed by atoms with Crippen molar-refractivity contribution in [3.05, 3.63) is 40.3 Å². The molecule has 0 amide bonds. The van der Waals surface area contributed by atoms with E-state index in [1.54, 1.807) is 0 Å².